The van der Waals surface area contributed by atoms with Gasteiger partial charge in [0.15, 0.2) is 0 Å². The predicted molar refractivity (Wildman–Crippen MR) is 86.3 cm³/mol. The average Bonchev–Trinajstić information content (AvgIpc) is 3.36. The highest BCUT2D eigenvalue weighted by Crippen LogP contribution is 2.47. The SMILES string of the molecule is C[C@@H]1C[C@H]1c1ccc(CN(C(=O)CN(C)S(C)(=O)=O)C2CC2)o1. The Balaban J connectivity index is 1.65. The number of likely N-dealkylation sites (N-methyl/N-ethyl adjacent to an activating group) is 1. The van der Waals surface area contributed by atoms with Crippen LogP contribution in [0.25, 0.3) is 0 Å². The summed E-state index contributed by atoms with van der Waals surface area (Å²) in [5.41, 5.74) is 0. The molecule has 0 unspecified atom stereocenters. The summed E-state index contributed by atoms with van der Waals surface area (Å²) in [5, 5.41) is 0. The molecule has 2 saturated carbocycles. The molecule has 2 aliphatic carbocycles. The molecule has 2 fully saturated rings. The zero-order valence-corrected chi connectivity index (χ0v) is 14.7. The molecule has 0 radical (unpaired) electrons. The fourth-order valence-corrected chi connectivity index (χ4v) is 3.12. The first-order valence-electron chi connectivity index (χ1n) is 8.05. The van der Waals surface area contributed by atoms with Gasteiger partial charge < -0.3 is 9.32 Å². The molecule has 0 aromatic carbocycles. The van der Waals surface area contributed by atoms with Gasteiger partial charge in [-0.1, -0.05) is 6.92 Å². The minimum absolute atomic E-state index is 0.122. The highest BCUT2D eigenvalue weighted by Gasteiger charge is 2.37. The molecule has 2 aliphatic rings. The monoisotopic (exact) mass is 340 g/mol. The first-order valence-corrected chi connectivity index (χ1v) is 9.90. The van der Waals surface area contributed by atoms with Gasteiger partial charge in [-0.25, -0.2) is 8.42 Å². The lowest BCUT2D eigenvalue weighted by molar-refractivity contribution is -0.132. The van der Waals surface area contributed by atoms with Gasteiger partial charge in [0.1, 0.15) is 11.5 Å². The number of hydrogen-bond acceptors (Lipinski definition) is 4. The summed E-state index contributed by atoms with van der Waals surface area (Å²) in [6, 6.07) is 4.15. The van der Waals surface area contributed by atoms with Gasteiger partial charge in [-0.3, -0.25) is 4.79 Å². The van der Waals surface area contributed by atoms with Gasteiger partial charge in [-0.2, -0.15) is 4.31 Å². The third-order valence-electron chi connectivity index (χ3n) is 4.72. The normalized spacial score (nSPS) is 24.0. The Kier molecular flexibility index (Phi) is 4.27. The van der Waals surface area contributed by atoms with E-state index >= 15 is 0 Å². The lowest BCUT2D eigenvalue weighted by Crippen LogP contribution is -2.41. The number of nitrogens with zero attached hydrogens (tertiary/aromatic N) is 2. The number of carbonyl (C=O) groups excluding carboxylic acids is 1. The van der Waals surface area contributed by atoms with Crippen LogP contribution in [0.1, 0.15) is 43.6 Å². The van der Waals surface area contributed by atoms with Crippen molar-refractivity contribution in [2.75, 3.05) is 19.8 Å². The van der Waals surface area contributed by atoms with E-state index in [0.717, 1.165) is 41.3 Å². The van der Waals surface area contributed by atoms with Crippen LogP contribution in [0.5, 0.6) is 0 Å². The highest BCUT2D eigenvalue weighted by molar-refractivity contribution is 7.88. The van der Waals surface area contributed by atoms with Gasteiger partial charge in [-0.15, -0.1) is 0 Å². The summed E-state index contributed by atoms with van der Waals surface area (Å²) in [4.78, 5) is 14.2. The molecule has 0 saturated heterocycles. The van der Waals surface area contributed by atoms with E-state index in [1.54, 1.807) is 4.90 Å². The van der Waals surface area contributed by atoms with Crippen molar-refractivity contribution in [1.82, 2.24) is 9.21 Å². The highest BCUT2D eigenvalue weighted by atomic mass is 32.2. The molecule has 128 valence electrons. The lowest BCUT2D eigenvalue weighted by atomic mass is 10.3. The third-order valence-corrected chi connectivity index (χ3v) is 5.98. The van der Waals surface area contributed by atoms with Crippen molar-refractivity contribution >= 4 is 15.9 Å². The number of hydrogen-bond donors (Lipinski definition) is 0. The van der Waals surface area contributed by atoms with Gasteiger partial charge in [0.2, 0.25) is 15.9 Å². The van der Waals surface area contributed by atoms with Gasteiger partial charge in [0, 0.05) is 19.0 Å². The molecule has 0 bridgehead atoms. The number of amides is 1. The van der Waals surface area contributed by atoms with Crippen molar-refractivity contribution in [1.29, 1.82) is 0 Å². The van der Waals surface area contributed by atoms with Crippen molar-refractivity contribution in [2.24, 2.45) is 5.92 Å². The molecule has 0 N–H and O–H groups in total. The van der Waals surface area contributed by atoms with Gasteiger partial charge in [0.05, 0.1) is 19.3 Å². The smallest absolute Gasteiger partial charge is 0.238 e. The third kappa shape index (κ3) is 3.95. The Labute approximate surface area is 137 Å². The molecule has 1 amide bonds. The van der Waals surface area contributed by atoms with E-state index in [-0.39, 0.29) is 18.5 Å². The average molecular weight is 340 g/mol. The van der Waals surface area contributed by atoms with Crippen LogP contribution in [-0.2, 0) is 21.4 Å². The molecule has 7 heteroatoms. The Morgan fingerprint density at radius 2 is 2.00 bits per heavy atom. The van der Waals surface area contributed by atoms with Crippen LogP contribution in [0, 0.1) is 5.92 Å². The van der Waals surface area contributed by atoms with Crippen LogP contribution in [0.2, 0.25) is 0 Å². The Bertz CT molecular complexity index is 693. The molecule has 23 heavy (non-hydrogen) atoms. The summed E-state index contributed by atoms with van der Waals surface area (Å²) in [7, 11) is -1.92. The van der Waals surface area contributed by atoms with Crippen LogP contribution in [-0.4, -0.2) is 49.4 Å². The standard InChI is InChI=1S/C16H24N2O4S/c1-11-8-14(11)15-7-6-13(22-15)9-18(12-4-5-12)16(19)10-17(2)23(3,20)21/h6-7,11-12,14H,4-5,8-10H2,1-3H3/t11-,14-/m1/s1. The summed E-state index contributed by atoms with van der Waals surface area (Å²) in [6.07, 6.45) is 4.22. The summed E-state index contributed by atoms with van der Waals surface area (Å²) in [5.74, 6) is 2.81. The van der Waals surface area contributed by atoms with Crippen molar-refractivity contribution in [3.63, 3.8) is 0 Å². The molecule has 3 rings (SSSR count). The first kappa shape index (κ1) is 16.5. The largest absolute Gasteiger partial charge is 0.464 e. The molecular formula is C16H24N2O4S. The second kappa shape index (κ2) is 5.94. The Morgan fingerprint density at radius 1 is 1.35 bits per heavy atom. The molecule has 1 aromatic rings. The second-order valence-electron chi connectivity index (χ2n) is 6.90. The topological polar surface area (TPSA) is 70.8 Å². The molecule has 2 atom stereocenters. The maximum absolute atomic E-state index is 12.5. The van der Waals surface area contributed by atoms with E-state index in [4.69, 9.17) is 4.42 Å². The van der Waals surface area contributed by atoms with E-state index in [2.05, 4.69) is 6.92 Å². The summed E-state index contributed by atoms with van der Waals surface area (Å²) in [6.45, 7) is 2.50. The summed E-state index contributed by atoms with van der Waals surface area (Å²) < 4.78 is 29.9. The van der Waals surface area contributed by atoms with Crippen molar-refractivity contribution in [3.8, 4) is 0 Å². The number of sulfonamides is 1. The second-order valence-corrected chi connectivity index (χ2v) is 8.98. The van der Waals surface area contributed by atoms with E-state index < -0.39 is 10.0 Å². The van der Waals surface area contributed by atoms with Crippen LogP contribution < -0.4 is 0 Å². The summed E-state index contributed by atoms with van der Waals surface area (Å²) >= 11 is 0. The van der Waals surface area contributed by atoms with E-state index in [1.807, 2.05) is 12.1 Å². The number of rotatable bonds is 7. The van der Waals surface area contributed by atoms with Gasteiger partial charge >= 0.3 is 0 Å². The van der Waals surface area contributed by atoms with Crippen molar-refractivity contribution in [3.05, 3.63) is 23.7 Å². The Morgan fingerprint density at radius 3 is 2.52 bits per heavy atom. The van der Waals surface area contributed by atoms with Crippen molar-refractivity contribution < 1.29 is 17.6 Å². The quantitative estimate of drug-likeness (QED) is 0.759. The fourth-order valence-electron chi connectivity index (χ4n) is 2.77. The minimum Gasteiger partial charge on any atom is -0.464 e. The van der Waals surface area contributed by atoms with Gasteiger partial charge in [0.25, 0.3) is 0 Å². The Hall–Kier alpha value is -1.34. The van der Waals surface area contributed by atoms with Crippen LogP contribution in [0.3, 0.4) is 0 Å². The zero-order chi connectivity index (χ0) is 16.8. The molecule has 6 nitrogen and oxygen atoms in total. The van der Waals surface area contributed by atoms with Crippen molar-refractivity contribution in [2.45, 2.75) is 44.7 Å². The maximum atomic E-state index is 12.5. The molecule has 0 spiro atoms. The number of furan rings is 1. The minimum atomic E-state index is -3.35. The van der Waals surface area contributed by atoms with E-state index in [0.29, 0.717) is 18.4 Å². The van der Waals surface area contributed by atoms with E-state index in [9.17, 15) is 13.2 Å². The first-order chi connectivity index (χ1) is 10.8. The van der Waals surface area contributed by atoms with Gasteiger partial charge in [-0.05, 0) is 37.3 Å². The molecular weight excluding hydrogens is 316 g/mol. The lowest BCUT2D eigenvalue weighted by Gasteiger charge is -2.24. The molecule has 0 aliphatic heterocycles. The zero-order valence-electron chi connectivity index (χ0n) is 13.9. The fraction of sp³-hybridized carbons (Fsp3) is 0.688. The van der Waals surface area contributed by atoms with E-state index in [1.165, 1.54) is 7.05 Å². The number of carbonyl (C=O) groups is 1. The predicted octanol–water partition coefficient (Wildman–Crippen LogP) is 1.79. The maximum Gasteiger partial charge on any atom is 0.238 e. The van der Waals surface area contributed by atoms with Crippen LogP contribution in [0.15, 0.2) is 16.5 Å². The molecule has 1 aromatic heterocycles. The van der Waals surface area contributed by atoms with Crippen LogP contribution >= 0.6 is 0 Å². The molecule has 1 heterocycles. The van der Waals surface area contributed by atoms with Crippen LogP contribution in [0.4, 0.5) is 0 Å².